The van der Waals surface area contributed by atoms with Gasteiger partial charge in [-0.05, 0) is 29.8 Å². The highest BCUT2D eigenvalue weighted by atomic mass is 16.5. The second-order valence-corrected chi connectivity index (χ2v) is 5.84. The quantitative estimate of drug-likeness (QED) is 0.528. The van der Waals surface area contributed by atoms with E-state index >= 15 is 0 Å². The molecule has 23 heavy (non-hydrogen) atoms. The van der Waals surface area contributed by atoms with Gasteiger partial charge in [0, 0.05) is 11.3 Å². The zero-order chi connectivity index (χ0) is 15.2. The molecule has 2 nitrogen and oxygen atoms in total. The molecule has 2 heteroatoms. The molecule has 1 atom stereocenters. The van der Waals surface area contributed by atoms with Gasteiger partial charge in [0.05, 0.1) is 11.7 Å². The molecule has 0 aromatic heterocycles. The molecule has 110 valence electrons. The molecule has 0 amide bonds. The number of hydrogen-bond donors (Lipinski definition) is 0. The van der Waals surface area contributed by atoms with Crippen LogP contribution in [0.15, 0.2) is 78.9 Å². The van der Waals surface area contributed by atoms with Gasteiger partial charge < -0.3 is 9.64 Å². The van der Waals surface area contributed by atoms with E-state index in [0.717, 1.165) is 17.2 Å². The lowest BCUT2D eigenvalue weighted by Crippen LogP contribution is -2.24. The van der Waals surface area contributed by atoms with Crippen molar-refractivity contribution < 1.29 is 4.74 Å². The molecule has 0 aliphatic carbocycles. The molecule has 3 aromatic rings. The fourth-order valence-electron chi connectivity index (χ4n) is 3.48. The molecular weight excluding hydrogens is 282 g/mol. The fourth-order valence-corrected chi connectivity index (χ4v) is 3.48. The smallest absolute Gasteiger partial charge is 0.151 e. The fraction of sp³-hybridized carbons (Fsp3) is 0.0476. The van der Waals surface area contributed by atoms with Crippen molar-refractivity contribution in [1.82, 2.24) is 0 Å². The highest BCUT2D eigenvalue weighted by Gasteiger charge is 2.31. The van der Waals surface area contributed by atoms with Gasteiger partial charge in [0.1, 0.15) is 5.75 Å². The lowest BCUT2D eigenvalue weighted by atomic mass is 9.96. The molecule has 0 saturated heterocycles. The highest BCUT2D eigenvalue weighted by molar-refractivity contribution is 5.82. The number of nitrogens with zero attached hydrogens (tertiary/aromatic N) is 1. The van der Waals surface area contributed by atoms with E-state index in [1.54, 1.807) is 0 Å². The molecule has 0 saturated carbocycles. The minimum Gasteiger partial charge on any atom is -0.455 e. The number of anilines is 2. The first-order chi connectivity index (χ1) is 11.4. The molecular formula is C21H15NO. The van der Waals surface area contributed by atoms with Crippen LogP contribution in [0, 0.1) is 0 Å². The van der Waals surface area contributed by atoms with Crippen LogP contribution in [0.25, 0.3) is 6.08 Å². The molecule has 1 unspecified atom stereocenters. The van der Waals surface area contributed by atoms with Crippen molar-refractivity contribution in [3.63, 3.8) is 0 Å². The van der Waals surface area contributed by atoms with Crippen molar-refractivity contribution in [2.75, 3.05) is 4.90 Å². The van der Waals surface area contributed by atoms with E-state index in [4.69, 9.17) is 4.74 Å². The second-order valence-electron chi connectivity index (χ2n) is 5.84. The summed E-state index contributed by atoms with van der Waals surface area (Å²) in [6.07, 6.45) is 4.47. The molecule has 0 radical (unpaired) electrons. The molecule has 0 N–H and O–H groups in total. The van der Waals surface area contributed by atoms with E-state index in [9.17, 15) is 0 Å². The minimum absolute atomic E-state index is 0.143. The molecule has 0 bridgehead atoms. The Bertz CT molecular complexity index is 928. The van der Waals surface area contributed by atoms with E-state index in [0.29, 0.717) is 0 Å². The Morgan fingerprint density at radius 2 is 1.39 bits per heavy atom. The molecule has 2 heterocycles. The molecule has 2 aliphatic heterocycles. The number of para-hydroxylation sites is 4. The Kier molecular flexibility index (Phi) is 2.59. The number of fused-ring (bicyclic) bond motifs is 7. The third-order valence-electron chi connectivity index (χ3n) is 4.51. The van der Waals surface area contributed by atoms with Crippen LogP contribution in [0.5, 0.6) is 11.5 Å². The summed E-state index contributed by atoms with van der Waals surface area (Å²) >= 11 is 0. The van der Waals surface area contributed by atoms with Crippen LogP contribution in [-0.4, -0.2) is 0 Å². The first-order valence-corrected chi connectivity index (χ1v) is 7.84. The maximum absolute atomic E-state index is 6.23. The zero-order valence-electron chi connectivity index (χ0n) is 12.5. The Labute approximate surface area is 135 Å². The van der Waals surface area contributed by atoms with E-state index in [1.807, 2.05) is 24.3 Å². The average Bonchev–Trinajstić information content (AvgIpc) is 2.76. The van der Waals surface area contributed by atoms with Crippen molar-refractivity contribution in [2.24, 2.45) is 0 Å². The summed E-state index contributed by atoms with van der Waals surface area (Å²) in [5.41, 5.74) is 4.74. The van der Waals surface area contributed by atoms with Crippen LogP contribution in [0.2, 0.25) is 0 Å². The zero-order valence-corrected chi connectivity index (χ0v) is 12.5. The van der Waals surface area contributed by atoms with Crippen LogP contribution in [0.3, 0.4) is 0 Å². The molecule has 0 fully saturated rings. The number of ether oxygens (including phenoxy) is 1. The van der Waals surface area contributed by atoms with E-state index in [1.165, 1.54) is 16.8 Å². The SMILES string of the molecule is C1=CC2c3ccccc3Oc3ccccc3N2c2ccccc21. The summed E-state index contributed by atoms with van der Waals surface area (Å²) in [5.74, 6) is 1.82. The largest absolute Gasteiger partial charge is 0.455 e. The standard InChI is InChI=1S/C21H15NO/c1-3-9-17-15(7-1)13-14-18-16-8-2-5-11-20(16)23-21-12-6-4-10-19(21)22(17)18/h1-14,18H. The van der Waals surface area contributed by atoms with Gasteiger partial charge in [-0.3, -0.25) is 0 Å². The molecule has 3 aromatic carbocycles. The van der Waals surface area contributed by atoms with Crippen molar-refractivity contribution in [1.29, 1.82) is 0 Å². The predicted octanol–water partition coefficient (Wildman–Crippen LogP) is 5.70. The van der Waals surface area contributed by atoms with Crippen LogP contribution in [0.4, 0.5) is 11.4 Å². The van der Waals surface area contributed by atoms with Crippen LogP contribution >= 0.6 is 0 Å². The van der Waals surface area contributed by atoms with Gasteiger partial charge >= 0.3 is 0 Å². The lowest BCUT2D eigenvalue weighted by Gasteiger charge is -2.34. The van der Waals surface area contributed by atoms with Gasteiger partial charge in [0.25, 0.3) is 0 Å². The van der Waals surface area contributed by atoms with Gasteiger partial charge in [-0.15, -0.1) is 0 Å². The van der Waals surface area contributed by atoms with Gasteiger partial charge in [0.15, 0.2) is 5.75 Å². The van der Waals surface area contributed by atoms with E-state index in [-0.39, 0.29) is 6.04 Å². The summed E-state index contributed by atoms with van der Waals surface area (Å²) in [5, 5.41) is 0. The van der Waals surface area contributed by atoms with Crippen LogP contribution in [-0.2, 0) is 0 Å². The van der Waals surface area contributed by atoms with Gasteiger partial charge in [-0.25, -0.2) is 0 Å². The predicted molar refractivity (Wildman–Crippen MR) is 93.3 cm³/mol. The summed E-state index contributed by atoms with van der Waals surface area (Å²) in [6, 6.07) is 25.2. The Morgan fingerprint density at radius 1 is 0.696 bits per heavy atom. The molecule has 5 rings (SSSR count). The average molecular weight is 297 g/mol. The van der Waals surface area contributed by atoms with Crippen molar-refractivity contribution in [3.05, 3.63) is 90.0 Å². The summed E-state index contributed by atoms with van der Waals surface area (Å²) < 4.78 is 6.23. The summed E-state index contributed by atoms with van der Waals surface area (Å²) in [4.78, 5) is 2.37. The first-order valence-electron chi connectivity index (χ1n) is 7.84. The Morgan fingerprint density at radius 3 is 2.30 bits per heavy atom. The first kappa shape index (κ1) is 12.5. The minimum atomic E-state index is 0.143. The third kappa shape index (κ3) is 1.82. The van der Waals surface area contributed by atoms with Crippen LogP contribution in [0.1, 0.15) is 17.2 Å². The van der Waals surface area contributed by atoms with Crippen molar-refractivity contribution in [2.45, 2.75) is 6.04 Å². The second kappa shape index (κ2) is 4.75. The number of hydrogen-bond acceptors (Lipinski definition) is 2. The highest BCUT2D eigenvalue weighted by Crippen LogP contribution is 2.50. The van der Waals surface area contributed by atoms with E-state index in [2.05, 4.69) is 65.6 Å². The van der Waals surface area contributed by atoms with Gasteiger partial charge in [-0.1, -0.05) is 60.7 Å². The number of benzene rings is 3. The van der Waals surface area contributed by atoms with Gasteiger partial charge in [-0.2, -0.15) is 0 Å². The van der Waals surface area contributed by atoms with Crippen LogP contribution < -0.4 is 9.64 Å². The Hall–Kier alpha value is -3.00. The van der Waals surface area contributed by atoms with Crippen molar-refractivity contribution in [3.8, 4) is 11.5 Å². The van der Waals surface area contributed by atoms with Gasteiger partial charge in [0.2, 0.25) is 0 Å². The maximum Gasteiger partial charge on any atom is 0.151 e. The normalized spacial score (nSPS) is 17.2. The maximum atomic E-state index is 6.23. The summed E-state index contributed by atoms with van der Waals surface area (Å²) in [7, 11) is 0. The topological polar surface area (TPSA) is 12.5 Å². The number of rotatable bonds is 0. The van der Waals surface area contributed by atoms with Crippen molar-refractivity contribution >= 4 is 17.5 Å². The Balaban J connectivity index is 1.84. The summed E-state index contributed by atoms with van der Waals surface area (Å²) in [6.45, 7) is 0. The third-order valence-corrected chi connectivity index (χ3v) is 4.51. The molecule has 2 aliphatic rings. The van der Waals surface area contributed by atoms with E-state index < -0.39 is 0 Å². The molecule has 0 spiro atoms. The lowest BCUT2D eigenvalue weighted by molar-refractivity contribution is 0.483. The monoisotopic (exact) mass is 297 g/mol.